The smallest absolute Gasteiger partial charge is 0.289 e. The molecule has 0 atom stereocenters. The van der Waals surface area contributed by atoms with Gasteiger partial charge in [0.25, 0.3) is 11.8 Å². The zero-order valence-corrected chi connectivity index (χ0v) is 15.6. The van der Waals surface area contributed by atoms with E-state index < -0.39 is 0 Å². The molecule has 5 heteroatoms. The minimum atomic E-state index is -0.120. The van der Waals surface area contributed by atoms with E-state index in [9.17, 15) is 9.59 Å². The largest absolute Gasteiger partial charge is 0.459 e. The molecular formula is C23H22N2O3. The molecule has 142 valence electrons. The summed E-state index contributed by atoms with van der Waals surface area (Å²) in [5, 5.41) is 0. The van der Waals surface area contributed by atoms with Crippen LogP contribution in [0.4, 0.5) is 0 Å². The monoisotopic (exact) mass is 374 g/mol. The number of hydrogen-bond donors (Lipinski definition) is 0. The zero-order valence-electron chi connectivity index (χ0n) is 15.6. The highest BCUT2D eigenvalue weighted by Crippen LogP contribution is 2.21. The van der Waals surface area contributed by atoms with E-state index in [2.05, 4.69) is 0 Å². The van der Waals surface area contributed by atoms with E-state index in [-0.39, 0.29) is 11.8 Å². The van der Waals surface area contributed by atoms with Gasteiger partial charge in [0.1, 0.15) is 0 Å². The summed E-state index contributed by atoms with van der Waals surface area (Å²) in [7, 11) is 0. The molecule has 0 N–H and O–H groups in total. The molecule has 2 amide bonds. The van der Waals surface area contributed by atoms with Gasteiger partial charge < -0.3 is 14.2 Å². The highest BCUT2D eigenvalue weighted by atomic mass is 16.3. The molecule has 1 saturated heterocycles. The first-order chi connectivity index (χ1) is 13.7. The van der Waals surface area contributed by atoms with Crippen LogP contribution in [-0.4, -0.2) is 47.8 Å². The quantitative estimate of drug-likeness (QED) is 0.698. The maximum Gasteiger partial charge on any atom is 0.289 e. The van der Waals surface area contributed by atoms with Crippen molar-refractivity contribution in [3.63, 3.8) is 0 Å². The summed E-state index contributed by atoms with van der Waals surface area (Å²) in [6, 6.07) is 21.1. The molecule has 28 heavy (non-hydrogen) atoms. The van der Waals surface area contributed by atoms with Crippen molar-refractivity contribution in [2.45, 2.75) is 6.42 Å². The van der Waals surface area contributed by atoms with Crippen LogP contribution in [0.25, 0.3) is 11.1 Å². The van der Waals surface area contributed by atoms with Crippen LogP contribution in [0.2, 0.25) is 0 Å². The lowest BCUT2D eigenvalue weighted by molar-refractivity contribution is 0.0700. The van der Waals surface area contributed by atoms with Gasteiger partial charge in [0.05, 0.1) is 6.26 Å². The molecule has 2 aromatic carbocycles. The lowest BCUT2D eigenvalue weighted by Gasteiger charge is -2.22. The Balaban J connectivity index is 1.46. The number of carbonyl (C=O) groups excluding carboxylic acids is 2. The maximum absolute atomic E-state index is 13.0. The van der Waals surface area contributed by atoms with Crippen molar-refractivity contribution in [3.8, 4) is 11.1 Å². The molecular weight excluding hydrogens is 352 g/mol. The summed E-state index contributed by atoms with van der Waals surface area (Å²) in [6.45, 7) is 2.27. The second-order valence-corrected chi connectivity index (χ2v) is 6.86. The first-order valence-corrected chi connectivity index (χ1v) is 9.50. The third kappa shape index (κ3) is 3.83. The molecule has 0 aliphatic carbocycles. The Labute approximate surface area is 164 Å². The van der Waals surface area contributed by atoms with Gasteiger partial charge in [-0.2, -0.15) is 0 Å². The third-order valence-electron chi connectivity index (χ3n) is 5.02. The highest BCUT2D eigenvalue weighted by molar-refractivity contribution is 5.96. The molecule has 1 fully saturated rings. The van der Waals surface area contributed by atoms with Gasteiger partial charge in [-0.15, -0.1) is 0 Å². The van der Waals surface area contributed by atoms with Crippen LogP contribution in [0.1, 0.15) is 27.3 Å². The minimum absolute atomic E-state index is 0.00470. The number of benzene rings is 2. The predicted molar refractivity (Wildman–Crippen MR) is 107 cm³/mol. The fourth-order valence-corrected chi connectivity index (χ4v) is 3.52. The van der Waals surface area contributed by atoms with Crippen LogP contribution >= 0.6 is 0 Å². The summed E-state index contributed by atoms with van der Waals surface area (Å²) >= 11 is 0. The van der Waals surface area contributed by atoms with Gasteiger partial charge in [0, 0.05) is 31.7 Å². The molecule has 4 rings (SSSR count). The van der Waals surface area contributed by atoms with E-state index in [4.69, 9.17) is 4.42 Å². The van der Waals surface area contributed by atoms with Crippen LogP contribution in [0, 0.1) is 0 Å². The Morgan fingerprint density at radius 1 is 0.714 bits per heavy atom. The lowest BCUT2D eigenvalue weighted by Crippen LogP contribution is -2.37. The first-order valence-electron chi connectivity index (χ1n) is 9.50. The Bertz CT molecular complexity index is 951. The lowest BCUT2D eigenvalue weighted by atomic mass is 10.0. The summed E-state index contributed by atoms with van der Waals surface area (Å²) < 4.78 is 5.22. The number of nitrogens with zero attached hydrogens (tertiary/aromatic N) is 2. The number of rotatable bonds is 3. The van der Waals surface area contributed by atoms with E-state index in [1.54, 1.807) is 17.0 Å². The molecule has 0 radical (unpaired) electrons. The van der Waals surface area contributed by atoms with E-state index in [1.807, 2.05) is 59.5 Å². The van der Waals surface area contributed by atoms with E-state index in [1.165, 1.54) is 6.26 Å². The third-order valence-corrected chi connectivity index (χ3v) is 5.02. The number of carbonyl (C=O) groups is 2. The fraction of sp³-hybridized carbons (Fsp3) is 0.217. The van der Waals surface area contributed by atoms with Crippen molar-refractivity contribution in [1.29, 1.82) is 0 Å². The van der Waals surface area contributed by atoms with Crippen molar-refractivity contribution in [1.82, 2.24) is 9.80 Å². The van der Waals surface area contributed by atoms with Gasteiger partial charge in [-0.25, -0.2) is 0 Å². The van der Waals surface area contributed by atoms with Crippen molar-refractivity contribution in [2.75, 3.05) is 26.2 Å². The number of amides is 2. The van der Waals surface area contributed by atoms with Gasteiger partial charge in [0.2, 0.25) is 0 Å². The average molecular weight is 374 g/mol. The first kappa shape index (κ1) is 18.0. The topological polar surface area (TPSA) is 53.8 Å². The second kappa shape index (κ2) is 8.13. The molecule has 0 unspecified atom stereocenters. The summed E-state index contributed by atoms with van der Waals surface area (Å²) in [6.07, 6.45) is 2.25. The molecule has 1 aliphatic rings. The Hall–Kier alpha value is -3.34. The Kier molecular flexibility index (Phi) is 5.24. The number of furan rings is 1. The molecule has 1 aromatic heterocycles. The standard InChI is InChI=1S/C23H22N2O3/c26-22(20-10-4-9-19(17-20)18-7-2-1-3-8-18)24-12-6-13-25(15-14-24)23(27)21-11-5-16-28-21/h1-5,7-11,16-17H,6,12-15H2. The van der Waals surface area contributed by atoms with E-state index >= 15 is 0 Å². The number of hydrogen-bond acceptors (Lipinski definition) is 3. The van der Waals surface area contributed by atoms with Crippen molar-refractivity contribution in [2.24, 2.45) is 0 Å². The summed E-state index contributed by atoms with van der Waals surface area (Å²) in [5.74, 6) is 0.228. The van der Waals surface area contributed by atoms with Crippen molar-refractivity contribution < 1.29 is 14.0 Å². The van der Waals surface area contributed by atoms with Crippen molar-refractivity contribution in [3.05, 3.63) is 84.3 Å². The minimum Gasteiger partial charge on any atom is -0.459 e. The van der Waals surface area contributed by atoms with Gasteiger partial charge >= 0.3 is 0 Å². The van der Waals surface area contributed by atoms with Gasteiger partial charge in [-0.05, 0) is 41.8 Å². The average Bonchev–Trinajstić information content (AvgIpc) is 3.18. The van der Waals surface area contributed by atoms with Crippen LogP contribution in [-0.2, 0) is 0 Å². The normalized spacial score (nSPS) is 14.6. The van der Waals surface area contributed by atoms with Gasteiger partial charge in [-0.3, -0.25) is 9.59 Å². The molecule has 2 heterocycles. The zero-order chi connectivity index (χ0) is 19.3. The second-order valence-electron chi connectivity index (χ2n) is 6.86. The molecule has 0 spiro atoms. The molecule has 1 aliphatic heterocycles. The van der Waals surface area contributed by atoms with Crippen LogP contribution in [0.5, 0.6) is 0 Å². The van der Waals surface area contributed by atoms with E-state index in [0.29, 0.717) is 37.5 Å². The van der Waals surface area contributed by atoms with E-state index in [0.717, 1.165) is 17.5 Å². The maximum atomic E-state index is 13.0. The van der Waals surface area contributed by atoms with Crippen LogP contribution in [0.15, 0.2) is 77.4 Å². The van der Waals surface area contributed by atoms with Gasteiger partial charge in [0.15, 0.2) is 5.76 Å². The predicted octanol–water partition coefficient (Wildman–Crippen LogP) is 3.93. The van der Waals surface area contributed by atoms with Crippen LogP contribution in [0.3, 0.4) is 0 Å². The molecule has 3 aromatic rings. The Morgan fingerprint density at radius 3 is 2.14 bits per heavy atom. The summed E-state index contributed by atoms with van der Waals surface area (Å²) in [4.78, 5) is 29.1. The molecule has 0 saturated carbocycles. The molecule has 5 nitrogen and oxygen atoms in total. The molecule has 0 bridgehead atoms. The van der Waals surface area contributed by atoms with Crippen molar-refractivity contribution >= 4 is 11.8 Å². The summed E-state index contributed by atoms with van der Waals surface area (Å²) in [5.41, 5.74) is 2.78. The SMILES string of the molecule is O=C(c1cccc(-c2ccccc2)c1)N1CCCN(C(=O)c2ccco2)CC1. The fourth-order valence-electron chi connectivity index (χ4n) is 3.52. The van der Waals surface area contributed by atoms with Crippen LogP contribution < -0.4 is 0 Å². The highest BCUT2D eigenvalue weighted by Gasteiger charge is 2.24. The van der Waals surface area contributed by atoms with Gasteiger partial charge in [-0.1, -0.05) is 42.5 Å². The Morgan fingerprint density at radius 2 is 1.43 bits per heavy atom.